The minimum Gasteiger partial charge on any atom is -0.455 e. The number of hydrogen-bond acceptors (Lipinski definition) is 3. The van der Waals surface area contributed by atoms with E-state index < -0.39 is 0 Å². The molecule has 0 saturated heterocycles. The van der Waals surface area contributed by atoms with E-state index in [1.807, 2.05) is 0 Å². The highest BCUT2D eigenvalue weighted by Crippen LogP contribution is 2.65. The molecule has 0 N–H and O–H groups in total. The molecular formula is C78H59NO2. The second kappa shape index (κ2) is 15.8. The molecule has 0 atom stereocenters. The molecule has 81 heavy (non-hydrogen) atoms. The van der Waals surface area contributed by atoms with Gasteiger partial charge in [0.05, 0.1) is 5.69 Å². The topological polar surface area (TPSA) is 29.5 Å². The third kappa shape index (κ3) is 5.98. The number of furan rings is 2. The van der Waals surface area contributed by atoms with Gasteiger partial charge in [0.1, 0.15) is 22.3 Å². The molecule has 0 bridgehead atoms. The predicted molar refractivity (Wildman–Crippen MR) is 337 cm³/mol. The largest absolute Gasteiger partial charge is 0.455 e. The molecule has 0 unspecified atom stereocenters. The Kier molecular flexibility index (Phi) is 9.11. The van der Waals surface area contributed by atoms with Crippen molar-refractivity contribution in [2.45, 2.75) is 77.0 Å². The van der Waals surface area contributed by atoms with E-state index in [0.717, 1.165) is 50.2 Å². The van der Waals surface area contributed by atoms with E-state index >= 15 is 0 Å². The van der Waals surface area contributed by atoms with Crippen LogP contribution in [0.4, 0.5) is 17.1 Å². The number of rotatable bonds is 5. The van der Waals surface area contributed by atoms with Crippen molar-refractivity contribution in [1.29, 1.82) is 0 Å². The van der Waals surface area contributed by atoms with Gasteiger partial charge in [-0.2, -0.15) is 0 Å². The first-order valence-electron chi connectivity index (χ1n) is 28.8. The number of benzene rings is 11. The van der Waals surface area contributed by atoms with Crippen LogP contribution in [0.3, 0.4) is 0 Å². The molecule has 0 radical (unpaired) electrons. The van der Waals surface area contributed by atoms with Crippen molar-refractivity contribution in [1.82, 2.24) is 0 Å². The molecule has 3 nitrogen and oxygen atoms in total. The van der Waals surface area contributed by atoms with Gasteiger partial charge in [-0.1, -0.05) is 219 Å². The highest BCUT2D eigenvalue weighted by molar-refractivity contribution is 6.22. The first-order chi connectivity index (χ1) is 39.2. The fourth-order valence-electron chi connectivity index (χ4n) is 15.9. The van der Waals surface area contributed by atoms with E-state index in [1.165, 1.54) is 122 Å². The maximum absolute atomic E-state index is 7.14. The Labute approximate surface area is 472 Å². The molecular weight excluding hydrogens is 983 g/mol. The van der Waals surface area contributed by atoms with Crippen LogP contribution in [0.2, 0.25) is 0 Å². The van der Waals surface area contributed by atoms with Crippen LogP contribution < -0.4 is 4.90 Å². The molecule has 0 spiro atoms. The summed E-state index contributed by atoms with van der Waals surface area (Å²) >= 11 is 0. The first-order valence-corrected chi connectivity index (χ1v) is 28.8. The van der Waals surface area contributed by atoms with E-state index in [9.17, 15) is 0 Å². The van der Waals surface area contributed by atoms with Crippen LogP contribution in [0.15, 0.2) is 221 Å². The monoisotopic (exact) mass is 1040 g/mol. The Morgan fingerprint density at radius 3 is 1.44 bits per heavy atom. The standard InChI is InChI=1S/C78H59NO2/c1-75(2)56-27-16-12-23-49(56)65-58(75)29-20-30-62(65)79(48-38-40-52-60(42-48)78(7,8)72-70(52)74-69(54-26-15-19-32-64(54)81-74)67-50-24-13-17-28-57(50)77(5,6)71(67)72)47-37-39-51-59(41-47)76(3,4)61-43-55(46-35-33-45(34-36-46)44-21-10-9-11-22-44)73-68(66(51)61)53-25-14-18-31-63(53)80-73/h9-43H,1-8H3. The summed E-state index contributed by atoms with van der Waals surface area (Å²) < 4.78 is 14.1. The molecule has 3 heteroatoms. The van der Waals surface area contributed by atoms with Gasteiger partial charge in [0, 0.05) is 71.3 Å². The van der Waals surface area contributed by atoms with Gasteiger partial charge in [-0.15, -0.1) is 0 Å². The lowest BCUT2D eigenvalue weighted by Gasteiger charge is -2.32. The van der Waals surface area contributed by atoms with Gasteiger partial charge in [0.25, 0.3) is 0 Å². The van der Waals surface area contributed by atoms with Crippen molar-refractivity contribution in [3.63, 3.8) is 0 Å². The van der Waals surface area contributed by atoms with Gasteiger partial charge >= 0.3 is 0 Å². The number of anilines is 3. The molecule has 0 amide bonds. The second-order valence-electron chi connectivity index (χ2n) is 25.5. The van der Waals surface area contributed by atoms with Crippen LogP contribution in [0.1, 0.15) is 99.9 Å². The van der Waals surface area contributed by atoms with E-state index in [-0.39, 0.29) is 21.7 Å². The summed E-state index contributed by atoms with van der Waals surface area (Å²) in [5, 5.41) is 4.72. The zero-order valence-electron chi connectivity index (χ0n) is 47.0. The number of hydrogen-bond donors (Lipinski definition) is 0. The SMILES string of the molecule is CC1(C)c2ccccc2-c2c(N(c3ccc4c(c3)C(C)(C)c3cc(-c5ccc(-c6ccccc6)cc5)c5oc6ccccc6c5c3-4)c3ccc4c(c3)C(C)(C)c3c5c(c6c(oc7ccccc76)c3-4)-c3ccccc3C5(C)C)cccc21. The van der Waals surface area contributed by atoms with Crippen LogP contribution >= 0.6 is 0 Å². The fraction of sp³-hybridized carbons (Fsp3) is 0.154. The lowest BCUT2D eigenvalue weighted by atomic mass is 9.72. The zero-order chi connectivity index (χ0) is 54.6. The molecule has 17 rings (SSSR count). The average Bonchev–Trinajstić information content (AvgIpc) is 2.01. The first kappa shape index (κ1) is 46.7. The van der Waals surface area contributed by atoms with Crippen LogP contribution in [-0.2, 0) is 21.7 Å². The zero-order valence-corrected chi connectivity index (χ0v) is 47.0. The van der Waals surface area contributed by atoms with Crippen molar-refractivity contribution >= 4 is 60.9 Å². The summed E-state index contributed by atoms with van der Waals surface area (Å²) in [6, 6.07) is 79.1. The highest BCUT2D eigenvalue weighted by atomic mass is 16.3. The van der Waals surface area contributed by atoms with Gasteiger partial charge in [0.15, 0.2) is 0 Å². The Balaban J connectivity index is 0.892. The smallest absolute Gasteiger partial charge is 0.144 e. The minimum atomic E-state index is -0.379. The maximum atomic E-state index is 7.14. The Hall–Kier alpha value is -9.18. The molecule has 0 fully saturated rings. The molecule has 2 heterocycles. The van der Waals surface area contributed by atoms with E-state index in [0.29, 0.717) is 0 Å². The third-order valence-corrected chi connectivity index (χ3v) is 19.8. The van der Waals surface area contributed by atoms with Gasteiger partial charge < -0.3 is 13.7 Å². The quantitative estimate of drug-likeness (QED) is 0.172. The highest BCUT2D eigenvalue weighted by Gasteiger charge is 2.49. The third-order valence-electron chi connectivity index (χ3n) is 19.8. The summed E-state index contributed by atoms with van der Waals surface area (Å²) in [5.74, 6) is 0. The van der Waals surface area contributed by atoms with E-state index in [1.54, 1.807) is 0 Å². The van der Waals surface area contributed by atoms with Crippen molar-refractivity contribution < 1.29 is 8.83 Å². The van der Waals surface area contributed by atoms with Gasteiger partial charge in [0.2, 0.25) is 0 Å². The molecule has 13 aromatic rings. The van der Waals surface area contributed by atoms with Crippen LogP contribution in [0.5, 0.6) is 0 Å². The van der Waals surface area contributed by atoms with Crippen molar-refractivity contribution in [3.05, 3.63) is 257 Å². The Morgan fingerprint density at radius 2 is 0.765 bits per heavy atom. The van der Waals surface area contributed by atoms with Crippen molar-refractivity contribution in [3.8, 4) is 66.8 Å². The fourth-order valence-corrected chi connectivity index (χ4v) is 15.9. The summed E-state index contributed by atoms with van der Waals surface area (Å²) in [6.45, 7) is 19.4. The molecule has 4 aliphatic rings. The molecule has 2 aromatic heterocycles. The maximum Gasteiger partial charge on any atom is 0.144 e. The van der Waals surface area contributed by atoms with Crippen molar-refractivity contribution in [2.75, 3.05) is 4.90 Å². The minimum absolute atomic E-state index is 0.183. The second-order valence-corrected chi connectivity index (χ2v) is 25.5. The number of para-hydroxylation sites is 2. The molecule has 0 saturated carbocycles. The molecule has 11 aromatic carbocycles. The Morgan fingerprint density at radius 1 is 0.296 bits per heavy atom. The summed E-state index contributed by atoms with van der Waals surface area (Å²) in [4.78, 5) is 2.58. The summed E-state index contributed by atoms with van der Waals surface area (Å²) in [5.41, 5.74) is 31.7. The molecule has 4 aliphatic carbocycles. The summed E-state index contributed by atoms with van der Waals surface area (Å²) in [7, 11) is 0. The van der Waals surface area contributed by atoms with Crippen LogP contribution in [-0.4, -0.2) is 0 Å². The van der Waals surface area contributed by atoms with Crippen LogP contribution in [0, 0.1) is 0 Å². The van der Waals surface area contributed by atoms with Gasteiger partial charge in [-0.05, 0) is 143 Å². The predicted octanol–water partition coefficient (Wildman–Crippen LogP) is 21.5. The number of nitrogens with zero attached hydrogens (tertiary/aromatic N) is 1. The lowest BCUT2D eigenvalue weighted by Crippen LogP contribution is -2.24. The molecule has 388 valence electrons. The normalized spacial score (nSPS) is 15.8. The Bertz CT molecular complexity index is 4920. The average molecular weight is 1040 g/mol. The lowest BCUT2D eigenvalue weighted by molar-refractivity contribution is 0.600. The van der Waals surface area contributed by atoms with Gasteiger partial charge in [-0.3, -0.25) is 0 Å². The van der Waals surface area contributed by atoms with E-state index in [4.69, 9.17) is 8.83 Å². The van der Waals surface area contributed by atoms with Crippen LogP contribution in [0.25, 0.3) is 111 Å². The van der Waals surface area contributed by atoms with Crippen molar-refractivity contribution in [2.24, 2.45) is 0 Å². The summed E-state index contributed by atoms with van der Waals surface area (Å²) in [6.07, 6.45) is 0. The van der Waals surface area contributed by atoms with Gasteiger partial charge in [-0.25, -0.2) is 0 Å². The molecule has 0 aliphatic heterocycles. The van der Waals surface area contributed by atoms with E-state index in [2.05, 4.69) is 273 Å². The number of fused-ring (bicyclic) bond motifs is 22.